The predicted molar refractivity (Wildman–Crippen MR) is 130 cm³/mol. The molecular weight excluding hydrogens is 484 g/mol. The van der Waals surface area contributed by atoms with Crippen LogP contribution in [0.3, 0.4) is 0 Å². The van der Waals surface area contributed by atoms with Gasteiger partial charge in [0.05, 0.1) is 10.2 Å². The number of hydrogen-bond donors (Lipinski definition) is 1. The van der Waals surface area contributed by atoms with E-state index in [4.69, 9.17) is 4.74 Å². The first-order chi connectivity index (χ1) is 15.8. The van der Waals surface area contributed by atoms with Crippen LogP contribution in [0.25, 0.3) is 6.08 Å². The molecule has 0 aliphatic carbocycles. The van der Waals surface area contributed by atoms with Gasteiger partial charge in [0, 0.05) is 0 Å². The lowest BCUT2D eigenvalue weighted by Crippen LogP contribution is -2.54. The van der Waals surface area contributed by atoms with Crippen molar-refractivity contribution in [2.24, 2.45) is 0 Å². The third kappa shape index (κ3) is 5.04. The molecule has 7 heteroatoms. The smallest absolute Gasteiger partial charge is 0.335 e. The maximum atomic E-state index is 13.1. The Labute approximate surface area is 200 Å². The number of carbonyl (C=O) groups is 3. The van der Waals surface area contributed by atoms with Gasteiger partial charge in [-0.3, -0.25) is 14.9 Å². The minimum Gasteiger partial charge on any atom is -0.488 e. The third-order valence-electron chi connectivity index (χ3n) is 5.07. The lowest BCUT2D eigenvalue weighted by Gasteiger charge is -2.27. The van der Waals surface area contributed by atoms with Crippen molar-refractivity contribution >= 4 is 45.5 Å². The van der Waals surface area contributed by atoms with Crippen molar-refractivity contribution in [2.75, 3.05) is 4.90 Å². The Morgan fingerprint density at radius 1 is 0.939 bits per heavy atom. The fourth-order valence-electron chi connectivity index (χ4n) is 3.60. The van der Waals surface area contributed by atoms with Gasteiger partial charge in [0.15, 0.2) is 0 Å². The standard InChI is InChI=1S/C26H21BrN2O4/c1-16-10-17(2)12-20(11-16)29-25(31)21(24(30)28-26(29)32)13-19-8-9-23(22(27)14-19)33-15-18-6-4-3-5-7-18/h3-14H,15H2,1-2H3,(H,28,30,32). The molecule has 0 atom stereocenters. The van der Waals surface area contributed by atoms with E-state index in [2.05, 4.69) is 21.2 Å². The number of carbonyl (C=O) groups excluding carboxylic acids is 3. The average molecular weight is 505 g/mol. The second kappa shape index (κ2) is 9.42. The summed E-state index contributed by atoms with van der Waals surface area (Å²) >= 11 is 3.49. The van der Waals surface area contributed by atoms with Crippen molar-refractivity contribution in [3.05, 3.63) is 99.0 Å². The Morgan fingerprint density at radius 2 is 1.64 bits per heavy atom. The van der Waals surface area contributed by atoms with E-state index in [0.29, 0.717) is 28.1 Å². The van der Waals surface area contributed by atoms with Gasteiger partial charge >= 0.3 is 6.03 Å². The van der Waals surface area contributed by atoms with Gasteiger partial charge in [-0.05, 0) is 82.4 Å². The molecule has 1 aliphatic heterocycles. The summed E-state index contributed by atoms with van der Waals surface area (Å²) in [6.45, 7) is 4.17. The SMILES string of the molecule is Cc1cc(C)cc(N2C(=O)NC(=O)C(=Cc3ccc(OCc4ccccc4)c(Br)c3)C2=O)c1. The van der Waals surface area contributed by atoms with Crippen molar-refractivity contribution in [1.82, 2.24) is 5.32 Å². The number of hydrogen-bond acceptors (Lipinski definition) is 4. The van der Waals surface area contributed by atoms with Gasteiger partial charge in [0.1, 0.15) is 17.9 Å². The second-order valence-electron chi connectivity index (χ2n) is 7.77. The van der Waals surface area contributed by atoms with Crippen LogP contribution in [-0.2, 0) is 16.2 Å². The number of urea groups is 1. The number of ether oxygens (including phenoxy) is 1. The summed E-state index contributed by atoms with van der Waals surface area (Å²) in [6, 6.07) is 19.7. The highest BCUT2D eigenvalue weighted by Gasteiger charge is 2.37. The van der Waals surface area contributed by atoms with Crippen molar-refractivity contribution in [2.45, 2.75) is 20.5 Å². The Bertz CT molecular complexity index is 1260. The molecule has 0 aromatic heterocycles. The molecule has 0 bridgehead atoms. The van der Waals surface area contributed by atoms with Crippen molar-refractivity contribution in [3.8, 4) is 5.75 Å². The van der Waals surface area contributed by atoms with E-state index in [-0.39, 0.29) is 5.57 Å². The third-order valence-corrected chi connectivity index (χ3v) is 5.69. The predicted octanol–water partition coefficient (Wildman–Crippen LogP) is 5.31. The van der Waals surface area contributed by atoms with Crippen LogP contribution in [0, 0.1) is 13.8 Å². The zero-order valence-electron chi connectivity index (χ0n) is 18.1. The van der Waals surface area contributed by atoms with Crippen molar-refractivity contribution < 1.29 is 19.1 Å². The van der Waals surface area contributed by atoms with Crippen molar-refractivity contribution in [1.29, 1.82) is 0 Å². The molecule has 33 heavy (non-hydrogen) atoms. The first-order valence-electron chi connectivity index (χ1n) is 10.3. The van der Waals surface area contributed by atoms with Crippen molar-refractivity contribution in [3.63, 3.8) is 0 Å². The van der Waals surface area contributed by atoms with Gasteiger partial charge in [-0.1, -0.05) is 42.5 Å². The number of aryl methyl sites for hydroxylation is 2. The summed E-state index contributed by atoms with van der Waals surface area (Å²) in [5.41, 5.74) is 3.75. The zero-order valence-corrected chi connectivity index (χ0v) is 19.7. The molecule has 1 aliphatic rings. The van der Waals surface area contributed by atoms with E-state index in [1.165, 1.54) is 6.08 Å². The minimum absolute atomic E-state index is 0.126. The topological polar surface area (TPSA) is 75.7 Å². The monoisotopic (exact) mass is 504 g/mol. The van der Waals surface area contributed by atoms with Gasteiger partial charge < -0.3 is 4.74 Å². The Morgan fingerprint density at radius 3 is 2.30 bits per heavy atom. The Balaban J connectivity index is 1.59. The molecule has 0 saturated carbocycles. The Hall–Kier alpha value is -3.71. The van der Waals surface area contributed by atoms with E-state index in [0.717, 1.165) is 21.6 Å². The number of imide groups is 2. The average Bonchev–Trinajstić information content (AvgIpc) is 2.76. The lowest BCUT2D eigenvalue weighted by molar-refractivity contribution is -0.122. The molecule has 0 unspecified atom stereocenters. The van der Waals surface area contributed by atoms with Crippen LogP contribution in [0.5, 0.6) is 5.75 Å². The number of nitrogens with one attached hydrogen (secondary N) is 1. The molecule has 166 valence electrons. The molecular formula is C26H21BrN2O4. The summed E-state index contributed by atoms with van der Waals surface area (Å²) < 4.78 is 6.53. The number of nitrogens with zero attached hydrogens (tertiary/aromatic N) is 1. The summed E-state index contributed by atoms with van der Waals surface area (Å²) in [6.07, 6.45) is 1.46. The quantitative estimate of drug-likeness (QED) is 0.377. The van der Waals surface area contributed by atoms with Gasteiger partial charge in [-0.25, -0.2) is 9.69 Å². The highest BCUT2D eigenvalue weighted by Crippen LogP contribution is 2.29. The number of halogens is 1. The molecule has 3 aromatic carbocycles. The van der Waals surface area contributed by atoms with E-state index >= 15 is 0 Å². The molecule has 1 heterocycles. The minimum atomic E-state index is -0.766. The summed E-state index contributed by atoms with van der Waals surface area (Å²) in [4.78, 5) is 39.0. The molecule has 1 saturated heterocycles. The van der Waals surface area contributed by atoms with Crippen LogP contribution in [0.4, 0.5) is 10.5 Å². The van der Waals surface area contributed by atoms with Crippen LogP contribution in [0.1, 0.15) is 22.3 Å². The fourth-order valence-corrected chi connectivity index (χ4v) is 4.11. The first-order valence-corrected chi connectivity index (χ1v) is 11.1. The Kier molecular flexibility index (Phi) is 6.42. The number of amides is 4. The zero-order chi connectivity index (χ0) is 23.5. The highest BCUT2D eigenvalue weighted by atomic mass is 79.9. The largest absolute Gasteiger partial charge is 0.488 e. The molecule has 4 amide bonds. The molecule has 3 aromatic rings. The van der Waals surface area contributed by atoms with E-state index < -0.39 is 17.8 Å². The van der Waals surface area contributed by atoms with Crippen LogP contribution in [0.2, 0.25) is 0 Å². The first kappa shape index (κ1) is 22.5. The molecule has 0 radical (unpaired) electrons. The fraction of sp³-hybridized carbons (Fsp3) is 0.115. The number of benzene rings is 3. The van der Waals surface area contributed by atoms with Gasteiger partial charge in [0.25, 0.3) is 11.8 Å². The molecule has 0 spiro atoms. The normalized spacial score (nSPS) is 15.1. The maximum absolute atomic E-state index is 13.1. The highest BCUT2D eigenvalue weighted by molar-refractivity contribution is 9.10. The number of rotatable bonds is 5. The number of anilines is 1. The van der Waals surface area contributed by atoms with Crippen LogP contribution >= 0.6 is 15.9 Å². The van der Waals surface area contributed by atoms with E-state index in [1.807, 2.05) is 50.2 Å². The van der Waals surface area contributed by atoms with Gasteiger partial charge in [0.2, 0.25) is 0 Å². The number of barbiturate groups is 1. The summed E-state index contributed by atoms with van der Waals surface area (Å²) in [5, 5.41) is 2.25. The molecule has 1 fully saturated rings. The van der Waals surface area contributed by atoms with Crippen LogP contribution < -0.4 is 15.0 Å². The van der Waals surface area contributed by atoms with Crippen LogP contribution in [0.15, 0.2) is 76.8 Å². The van der Waals surface area contributed by atoms with E-state index in [9.17, 15) is 14.4 Å². The van der Waals surface area contributed by atoms with E-state index in [1.54, 1.807) is 30.3 Å². The van der Waals surface area contributed by atoms with Gasteiger partial charge in [-0.2, -0.15) is 0 Å². The van der Waals surface area contributed by atoms with Gasteiger partial charge in [-0.15, -0.1) is 0 Å². The molecule has 4 rings (SSSR count). The maximum Gasteiger partial charge on any atom is 0.335 e. The summed E-state index contributed by atoms with van der Waals surface area (Å²) in [7, 11) is 0. The molecule has 6 nitrogen and oxygen atoms in total. The second-order valence-corrected chi connectivity index (χ2v) is 8.62. The lowest BCUT2D eigenvalue weighted by atomic mass is 10.1. The van der Waals surface area contributed by atoms with Crippen LogP contribution in [-0.4, -0.2) is 17.8 Å². The molecule has 1 N–H and O–H groups in total. The summed E-state index contributed by atoms with van der Waals surface area (Å²) in [5.74, 6) is -0.770.